The fourth-order valence-electron chi connectivity index (χ4n) is 2.31. The van der Waals surface area contributed by atoms with Crippen LogP contribution < -0.4 is 5.73 Å². The first-order valence-electron chi connectivity index (χ1n) is 6.34. The van der Waals surface area contributed by atoms with E-state index < -0.39 is 0 Å². The molecule has 0 aliphatic carbocycles. The minimum Gasteiger partial charge on any atom is -0.327 e. The van der Waals surface area contributed by atoms with Crippen LogP contribution in [0.3, 0.4) is 0 Å². The molecule has 1 fully saturated rings. The van der Waals surface area contributed by atoms with Gasteiger partial charge in [-0.15, -0.1) is 0 Å². The second-order valence-electron chi connectivity index (χ2n) is 6.11. The van der Waals surface area contributed by atoms with Gasteiger partial charge < -0.3 is 5.73 Å². The third-order valence-electron chi connectivity index (χ3n) is 4.35. The average Bonchev–Trinajstić information content (AvgIpc) is 2.12. The summed E-state index contributed by atoms with van der Waals surface area (Å²) in [6.45, 7) is 13.8. The molecule has 15 heavy (non-hydrogen) atoms. The third-order valence-corrected chi connectivity index (χ3v) is 4.35. The van der Waals surface area contributed by atoms with Crippen LogP contribution in [-0.4, -0.2) is 30.1 Å². The van der Waals surface area contributed by atoms with Crippen LogP contribution in [0.2, 0.25) is 0 Å². The molecule has 1 aliphatic rings. The molecular formula is C13H28N2. The highest BCUT2D eigenvalue weighted by Gasteiger charge is 2.31. The monoisotopic (exact) mass is 212 g/mol. The van der Waals surface area contributed by atoms with Gasteiger partial charge in [0, 0.05) is 18.6 Å². The van der Waals surface area contributed by atoms with Crippen LogP contribution >= 0.6 is 0 Å². The maximum Gasteiger partial charge on any atom is 0.00928 e. The van der Waals surface area contributed by atoms with Crippen LogP contribution in [-0.2, 0) is 0 Å². The number of rotatable bonds is 3. The van der Waals surface area contributed by atoms with Crippen molar-refractivity contribution in [2.75, 3.05) is 13.1 Å². The summed E-state index contributed by atoms with van der Waals surface area (Å²) >= 11 is 0. The van der Waals surface area contributed by atoms with E-state index in [1.807, 2.05) is 0 Å². The lowest BCUT2D eigenvalue weighted by Gasteiger charge is -2.43. The highest BCUT2D eigenvalue weighted by Crippen LogP contribution is 2.28. The molecule has 1 rings (SSSR count). The molecule has 0 amide bonds. The van der Waals surface area contributed by atoms with E-state index in [2.05, 4.69) is 39.5 Å². The molecule has 0 radical (unpaired) electrons. The van der Waals surface area contributed by atoms with Gasteiger partial charge in [0.15, 0.2) is 0 Å². The fourth-order valence-corrected chi connectivity index (χ4v) is 2.31. The van der Waals surface area contributed by atoms with E-state index in [1.165, 1.54) is 19.4 Å². The normalized spacial score (nSPS) is 31.6. The summed E-state index contributed by atoms with van der Waals surface area (Å²) in [6, 6.07) is 0.985. The van der Waals surface area contributed by atoms with E-state index in [4.69, 9.17) is 5.73 Å². The number of likely N-dealkylation sites (tertiary alicyclic amines) is 1. The van der Waals surface area contributed by atoms with Crippen molar-refractivity contribution in [2.24, 2.45) is 17.1 Å². The lowest BCUT2D eigenvalue weighted by Crippen LogP contribution is -2.50. The molecule has 3 atom stereocenters. The largest absolute Gasteiger partial charge is 0.327 e. The van der Waals surface area contributed by atoms with Gasteiger partial charge >= 0.3 is 0 Å². The molecule has 0 aromatic carbocycles. The second kappa shape index (κ2) is 4.84. The summed E-state index contributed by atoms with van der Waals surface area (Å²) in [4.78, 5) is 2.62. The molecule has 3 unspecified atom stereocenters. The van der Waals surface area contributed by atoms with Crippen molar-refractivity contribution >= 4 is 0 Å². The van der Waals surface area contributed by atoms with E-state index in [9.17, 15) is 0 Å². The highest BCUT2D eigenvalue weighted by atomic mass is 15.2. The molecular weight excluding hydrogens is 184 g/mol. The Morgan fingerprint density at radius 1 is 1.40 bits per heavy atom. The van der Waals surface area contributed by atoms with E-state index in [0.717, 1.165) is 18.5 Å². The zero-order valence-electron chi connectivity index (χ0n) is 11.1. The quantitative estimate of drug-likeness (QED) is 0.779. The Balaban J connectivity index is 2.57. The molecule has 2 heteroatoms. The first-order chi connectivity index (χ1) is 6.84. The number of nitrogens with zero attached hydrogens (tertiary/aromatic N) is 1. The van der Waals surface area contributed by atoms with Gasteiger partial charge in [-0.1, -0.05) is 20.8 Å². The zero-order chi connectivity index (χ0) is 11.6. The molecule has 0 bridgehead atoms. The van der Waals surface area contributed by atoms with Crippen LogP contribution in [0.5, 0.6) is 0 Å². The van der Waals surface area contributed by atoms with Crippen molar-refractivity contribution in [1.82, 2.24) is 4.90 Å². The molecule has 0 aromatic rings. The van der Waals surface area contributed by atoms with Crippen molar-refractivity contribution < 1.29 is 0 Å². The van der Waals surface area contributed by atoms with Crippen LogP contribution in [0, 0.1) is 11.3 Å². The molecule has 0 saturated carbocycles. The van der Waals surface area contributed by atoms with Crippen LogP contribution in [0.1, 0.15) is 47.5 Å². The minimum atomic E-state index is 0.227. The Morgan fingerprint density at radius 2 is 2.00 bits per heavy atom. The van der Waals surface area contributed by atoms with Gasteiger partial charge in [0.1, 0.15) is 0 Å². The van der Waals surface area contributed by atoms with Crippen molar-refractivity contribution in [3.8, 4) is 0 Å². The van der Waals surface area contributed by atoms with Gasteiger partial charge in [-0.25, -0.2) is 0 Å². The van der Waals surface area contributed by atoms with Gasteiger partial charge in [0.25, 0.3) is 0 Å². The summed E-state index contributed by atoms with van der Waals surface area (Å²) in [6.07, 6.45) is 2.73. The standard InChI is InChI=1S/C13H28N2/c1-10-7-6-8-15(11(10)2)9-13(4,5)12(3)14/h10-12H,6-9,14H2,1-5H3. The zero-order valence-corrected chi connectivity index (χ0v) is 11.1. The molecule has 0 spiro atoms. The second-order valence-corrected chi connectivity index (χ2v) is 6.11. The maximum atomic E-state index is 6.04. The van der Waals surface area contributed by atoms with E-state index in [0.29, 0.717) is 0 Å². The lowest BCUT2D eigenvalue weighted by atomic mass is 9.83. The molecule has 1 saturated heterocycles. The summed E-state index contributed by atoms with van der Waals surface area (Å²) < 4.78 is 0. The van der Waals surface area contributed by atoms with Crippen LogP contribution in [0.25, 0.3) is 0 Å². The van der Waals surface area contributed by atoms with Gasteiger partial charge in [-0.2, -0.15) is 0 Å². The molecule has 90 valence electrons. The third kappa shape index (κ3) is 3.18. The van der Waals surface area contributed by atoms with E-state index in [-0.39, 0.29) is 11.5 Å². The molecule has 0 aromatic heterocycles. The Hall–Kier alpha value is -0.0800. The summed E-state index contributed by atoms with van der Waals surface area (Å²) in [5.74, 6) is 0.836. The minimum absolute atomic E-state index is 0.227. The number of nitrogens with two attached hydrogens (primary N) is 1. The number of piperidine rings is 1. The van der Waals surface area contributed by atoms with Gasteiger partial charge in [0.05, 0.1) is 0 Å². The van der Waals surface area contributed by atoms with Crippen molar-refractivity contribution in [3.63, 3.8) is 0 Å². The Morgan fingerprint density at radius 3 is 2.53 bits per heavy atom. The van der Waals surface area contributed by atoms with Crippen molar-refractivity contribution in [2.45, 2.75) is 59.5 Å². The van der Waals surface area contributed by atoms with Gasteiger partial charge in [-0.3, -0.25) is 4.90 Å². The molecule has 1 aliphatic heterocycles. The summed E-state index contributed by atoms with van der Waals surface area (Å²) in [5.41, 5.74) is 6.27. The summed E-state index contributed by atoms with van der Waals surface area (Å²) in [7, 11) is 0. The van der Waals surface area contributed by atoms with Crippen LogP contribution in [0.15, 0.2) is 0 Å². The fraction of sp³-hybridized carbons (Fsp3) is 1.00. The SMILES string of the molecule is CC1CCCN(CC(C)(C)C(C)N)C1C. The molecule has 2 N–H and O–H groups in total. The van der Waals surface area contributed by atoms with E-state index in [1.54, 1.807) is 0 Å². The van der Waals surface area contributed by atoms with Crippen molar-refractivity contribution in [3.05, 3.63) is 0 Å². The summed E-state index contributed by atoms with van der Waals surface area (Å²) in [5, 5.41) is 0. The number of hydrogen-bond donors (Lipinski definition) is 1. The predicted molar refractivity (Wildman–Crippen MR) is 66.9 cm³/mol. The van der Waals surface area contributed by atoms with Crippen molar-refractivity contribution in [1.29, 1.82) is 0 Å². The lowest BCUT2D eigenvalue weighted by molar-refractivity contribution is 0.0645. The smallest absolute Gasteiger partial charge is 0.00928 e. The Labute approximate surface area is 95.2 Å². The van der Waals surface area contributed by atoms with Gasteiger partial charge in [0.2, 0.25) is 0 Å². The predicted octanol–water partition coefficient (Wildman–Crippen LogP) is 2.48. The first-order valence-corrected chi connectivity index (χ1v) is 6.34. The first kappa shape index (κ1) is 13.0. The number of hydrogen-bond acceptors (Lipinski definition) is 2. The Kier molecular flexibility index (Phi) is 4.19. The van der Waals surface area contributed by atoms with E-state index >= 15 is 0 Å². The average molecular weight is 212 g/mol. The highest BCUT2D eigenvalue weighted by molar-refractivity contribution is 4.86. The maximum absolute atomic E-state index is 6.04. The topological polar surface area (TPSA) is 29.3 Å². The van der Waals surface area contributed by atoms with Gasteiger partial charge in [-0.05, 0) is 44.6 Å². The molecule has 1 heterocycles. The Bertz CT molecular complexity index is 199. The molecule has 2 nitrogen and oxygen atoms in total. The van der Waals surface area contributed by atoms with Crippen LogP contribution in [0.4, 0.5) is 0 Å².